The molecule has 0 aromatic carbocycles. The first-order valence-corrected chi connectivity index (χ1v) is 3.58. The van der Waals surface area contributed by atoms with Crippen LogP contribution in [0.25, 0.3) is 0 Å². The van der Waals surface area contributed by atoms with Crippen LogP contribution in [0.2, 0.25) is 0 Å². The maximum Gasteiger partial charge on any atom is 0.417 e. The molecule has 4 heteroatoms. The highest BCUT2D eigenvalue weighted by Gasteiger charge is 2.57. The van der Waals surface area contributed by atoms with Gasteiger partial charge in [-0.1, -0.05) is 6.92 Å². The average molecular weight is 168 g/mol. The van der Waals surface area contributed by atoms with E-state index in [1.54, 1.807) is 6.92 Å². The van der Waals surface area contributed by atoms with Gasteiger partial charge in [-0.15, -0.1) is 0 Å². The van der Waals surface area contributed by atoms with E-state index in [0.717, 1.165) is 6.92 Å². The topological polar surface area (TPSA) is 9.23 Å². The summed E-state index contributed by atoms with van der Waals surface area (Å²) >= 11 is 0. The van der Waals surface area contributed by atoms with Crippen molar-refractivity contribution in [3.8, 4) is 0 Å². The van der Waals surface area contributed by atoms with Gasteiger partial charge in [0, 0.05) is 6.61 Å². The lowest BCUT2D eigenvalue weighted by molar-refractivity contribution is -0.266. The van der Waals surface area contributed by atoms with Crippen molar-refractivity contribution in [2.24, 2.45) is 5.92 Å². The summed E-state index contributed by atoms with van der Waals surface area (Å²) in [6.45, 7) is 2.91. The van der Waals surface area contributed by atoms with Crippen molar-refractivity contribution in [3.63, 3.8) is 0 Å². The molecule has 0 aromatic heterocycles. The van der Waals surface area contributed by atoms with Crippen molar-refractivity contribution in [2.75, 3.05) is 6.61 Å². The second-order valence-corrected chi connectivity index (χ2v) is 3.14. The standard InChI is InChI=1S/C7H11F3O/c1-5-3-4-11-6(5,2)7(8,9)10/h5H,3-4H2,1-2H3. The van der Waals surface area contributed by atoms with Gasteiger partial charge in [0.2, 0.25) is 0 Å². The smallest absolute Gasteiger partial charge is 0.366 e. The predicted octanol–water partition coefficient (Wildman–Crippen LogP) is 2.36. The molecule has 1 aliphatic rings. The lowest BCUT2D eigenvalue weighted by Gasteiger charge is -2.30. The van der Waals surface area contributed by atoms with Crippen molar-refractivity contribution in [2.45, 2.75) is 32.0 Å². The fraction of sp³-hybridized carbons (Fsp3) is 1.00. The van der Waals surface area contributed by atoms with Crippen LogP contribution in [0.4, 0.5) is 13.2 Å². The minimum Gasteiger partial charge on any atom is -0.366 e. The summed E-state index contributed by atoms with van der Waals surface area (Å²) in [5.74, 6) is -0.428. The molecule has 1 nitrogen and oxygen atoms in total. The third-order valence-corrected chi connectivity index (χ3v) is 2.46. The second-order valence-electron chi connectivity index (χ2n) is 3.14. The first-order valence-electron chi connectivity index (χ1n) is 3.58. The fourth-order valence-corrected chi connectivity index (χ4v) is 1.23. The van der Waals surface area contributed by atoms with Gasteiger partial charge in [-0.05, 0) is 19.3 Å². The highest BCUT2D eigenvalue weighted by Crippen LogP contribution is 2.44. The van der Waals surface area contributed by atoms with Crippen LogP contribution in [0.3, 0.4) is 0 Å². The molecular weight excluding hydrogens is 157 g/mol. The summed E-state index contributed by atoms with van der Waals surface area (Å²) in [4.78, 5) is 0. The average Bonchev–Trinajstić information content (AvgIpc) is 2.12. The van der Waals surface area contributed by atoms with Crippen LogP contribution in [0, 0.1) is 5.92 Å². The Balaban J connectivity index is 2.81. The third kappa shape index (κ3) is 1.24. The number of alkyl halides is 3. The summed E-state index contributed by atoms with van der Waals surface area (Å²) in [7, 11) is 0. The Labute approximate surface area is 63.5 Å². The maximum absolute atomic E-state index is 12.3. The van der Waals surface area contributed by atoms with Crippen LogP contribution in [-0.4, -0.2) is 18.4 Å². The maximum atomic E-state index is 12.3. The molecule has 1 saturated heterocycles. The lowest BCUT2D eigenvalue weighted by Crippen LogP contribution is -2.45. The van der Waals surface area contributed by atoms with Crippen molar-refractivity contribution in [1.82, 2.24) is 0 Å². The molecule has 0 amide bonds. The molecule has 1 heterocycles. The van der Waals surface area contributed by atoms with Crippen molar-refractivity contribution >= 4 is 0 Å². The minimum absolute atomic E-state index is 0.219. The summed E-state index contributed by atoms with van der Waals surface area (Å²) in [5, 5.41) is 0. The second kappa shape index (κ2) is 2.37. The molecule has 2 atom stereocenters. The Hall–Kier alpha value is -0.250. The summed E-state index contributed by atoms with van der Waals surface area (Å²) in [5.41, 5.74) is -1.91. The number of rotatable bonds is 0. The first kappa shape index (κ1) is 8.84. The zero-order valence-corrected chi connectivity index (χ0v) is 6.53. The van der Waals surface area contributed by atoms with E-state index in [9.17, 15) is 13.2 Å². The molecule has 0 aliphatic carbocycles. The Morgan fingerprint density at radius 3 is 2.18 bits per heavy atom. The first-order chi connectivity index (χ1) is 4.88. The fourth-order valence-electron chi connectivity index (χ4n) is 1.23. The molecule has 11 heavy (non-hydrogen) atoms. The largest absolute Gasteiger partial charge is 0.417 e. The molecule has 0 N–H and O–H groups in total. The quantitative estimate of drug-likeness (QED) is 0.539. The highest BCUT2D eigenvalue weighted by molar-refractivity contribution is 4.92. The monoisotopic (exact) mass is 168 g/mol. The van der Waals surface area contributed by atoms with Gasteiger partial charge < -0.3 is 4.74 Å². The Morgan fingerprint density at radius 1 is 1.45 bits per heavy atom. The van der Waals surface area contributed by atoms with E-state index in [0.29, 0.717) is 6.42 Å². The van der Waals surface area contributed by atoms with E-state index in [-0.39, 0.29) is 6.61 Å². The van der Waals surface area contributed by atoms with Crippen LogP contribution in [-0.2, 0) is 4.74 Å². The number of hydrogen-bond acceptors (Lipinski definition) is 1. The van der Waals surface area contributed by atoms with Crippen molar-refractivity contribution in [3.05, 3.63) is 0 Å². The third-order valence-electron chi connectivity index (χ3n) is 2.46. The normalized spacial score (nSPS) is 39.5. The van der Waals surface area contributed by atoms with Crippen LogP contribution >= 0.6 is 0 Å². The SMILES string of the molecule is CC1CCOC1(C)C(F)(F)F. The molecule has 1 aliphatic heterocycles. The number of hydrogen-bond donors (Lipinski definition) is 0. The van der Waals surface area contributed by atoms with Gasteiger partial charge in [-0.2, -0.15) is 13.2 Å². The Kier molecular flexibility index (Phi) is 1.90. The van der Waals surface area contributed by atoms with Crippen molar-refractivity contribution in [1.29, 1.82) is 0 Å². The van der Waals surface area contributed by atoms with Crippen LogP contribution < -0.4 is 0 Å². The van der Waals surface area contributed by atoms with Gasteiger partial charge in [-0.3, -0.25) is 0 Å². The molecule has 1 rings (SSSR count). The van der Waals surface area contributed by atoms with E-state index in [1.165, 1.54) is 0 Å². The van der Waals surface area contributed by atoms with Gasteiger partial charge in [0.15, 0.2) is 5.60 Å². The molecular formula is C7H11F3O. The highest BCUT2D eigenvalue weighted by atomic mass is 19.4. The molecule has 0 radical (unpaired) electrons. The van der Waals surface area contributed by atoms with Gasteiger partial charge in [0.05, 0.1) is 0 Å². The summed E-state index contributed by atoms with van der Waals surface area (Å²) in [6, 6.07) is 0. The molecule has 0 spiro atoms. The Morgan fingerprint density at radius 2 is 2.00 bits per heavy atom. The predicted molar refractivity (Wildman–Crippen MR) is 34.2 cm³/mol. The molecule has 0 bridgehead atoms. The van der Waals surface area contributed by atoms with Gasteiger partial charge >= 0.3 is 6.18 Å². The minimum atomic E-state index is -4.23. The zero-order valence-electron chi connectivity index (χ0n) is 6.53. The van der Waals surface area contributed by atoms with E-state index < -0.39 is 17.7 Å². The van der Waals surface area contributed by atoms with E-state index in [1.807, 2.05) is 0 Å². The lowest BCUT2D eigenvalue weighted by atomic mass is 9.90. The Bertz CT molecular complexity index is 154. The van der Waals surface area contributed by atoms with Gasteiger partial charge in [-0.25, -0.2) is 0 Å². The molecule has 0 saturated carbocycles. The molecule has 2 unspecified atom stereocenters. The zero-order chi connectivity index (χ0) is 8.70. The van der Waals surface area contributed by atoms with E-state index in [2.05, 4.69) is 0 Å². The van der Waals surface area contributed by atoms with Crippen LogP contribution in [0.15, 0.2) is 0 Å². The number of halogens is 3. The van der Waals surface area contributed by atoms with Gasteiger partial charge in [0.1, 0.15) is 0 Å². The van der Waals surface area contributed by atoms with E-state index in [4.69, 9.17) is 4.74 Å². The molecule has 1 fully saturated rings. The molecule has 66 valence electrons. The van der Waals surface area contributed by atoms with E-state index >= 15 is 0 Å². The summed E-state index contributed by atoms with van der Waals surface area (Å²) < 4.78 is 41.5. The summed E-state index contributed by atoms with van der Waals surface area (Å²) in [6.07, 6.45) is -3.74. The molecule has 0 aromatic rings. The van der Waals surface area contributed by atoms with Crippen LogP contribution in [0.1, 0.15) is 20.3 Å². The van der Waals surface area contributed by atoms with Crippen molar-refractivity contribution < 1.29 is 17.9 Å². The van der Waals surface area contributed by atoms with Gasteiger partial charge in [0.25, 0.3) is 0 Å². The number of ether oxygens (including phenoxy) is 1. The van der Waals surface area contributed by atoms with Crippen LogP contribution in [0.5, 0.6) is 0 Å².